The van der Waals surface area contributed by atoms with Gasteiger partial charge in [0.2, 0.25) is 0 Å². The van der Waals surface area contributed by atoms with Crippen molar-refractivity contribution in [2.24, 2.45) is 0 Å². The highest BCUT2D eigenvalue weighted by molar-refractivity contribution is 9.08. The van der Waals surface area contributed by atoms with E-state index in [0.717, 1.165) is 28.4 Å². The summed E-state index contributed by atoms with van der Waals surface area (Å²) in [6.07, 6.45) is 0.773. The van der Waals surface area contributed by atoms with Gasteiger partial charge in [0.15, 0.2) is 0 Å². The summed E-state index contributed by atoms with van der Waals surface area (Å²) in [5.41, 5.74) is 1.19. The molecule has 0 fully saturated rings. The van der Waals surface area contributed by atoms with Crippen molar-refractivity contribution in [1.29, 1.82) is 0 Å². The largest absolute Gasteiger partial charge is 0.311 e. The van der Waals surface area contributed by atoms with E-state index in [-0.39, 0.29) is 0 Å². The first kappa shape index (κ1) is 13.6. The summed E-state index contributed by atoms with van der Waals surface area (Å²) in [5, 5.41) is 9.96. The highest BCUT2D eigenvalue weighted by Gasteiger charge is 2.13. The fraction of sp³-hybridized carbons (Fsp3) is 0.385. The van der Waals surface area contributed by atoms with E-state index in [1.165, 1.54) is 5.56 Å². The van der Waals surface area contributed by atoms with Gasteiger partial charge in [-0.3, -0.25) is 0 Å². The lowest BCUT2D eigenvalue weighted by Gasteiger charge is -2.13. The first-order valence-corrected chi connectivity index (χ1v) is 7.35. The molecule has 0 unspecified atom stereocenters. The minimum atomic E-state index is 0.356. The van der Waals surface area contributed by atoms with Gasteiger partial charge < -0.3 is 4.57 Å². The molecule has 0 radical (unpaired) electrons. The maximum Gasteiger partial charge on any atom is 0.143 e. The van der Waals surface area contributed by atoms with E-state index in [0.29, 0.717) is 6.04 Å². The van der Waals surface area contributed by atoms with Crippen molar-refractivity contribution in [3.63, 3.8) is 0 Å². The van der Waals surface area contributed by atoms with Crippen molar-refractivity contribution in [3.05, 3.63) is 46.5 Å². The van der Waals surface area contributed by atoms with Crippen LogP contribution in [0.2, 0.25) is 5.02 Å². The smallest absolute Gasteiger partial charge is 0.143 e. The lowest BCUT2D eigenvalue weighted by molar-refractivity contribution is 0.558. The molecule has 0 saturated carbocycles. The van der Waals surface area contributed by atoms with Gasteiger partial charge in [0, 0.05) is 17.5 Å². The van der Waals surface area contributed by atoms with Crippen LogP contribution in [0.5, 0.6) is 0 Å². The van der Waals surface area contributed by atoms with E-state index in [2.05, 4.69) is 44.5 Å². The van der Waals surface area contributed by atoms with E-state index >= 15 is 0 Å². The average Bonchev–Trinajstić information content (AvgIpc) is 2.75. The normalized spacial score (nSPS) is 11.2. The Morgan fingerprint density at radius 2 is 1.78 bits per heavy atom. The zero-order valence-electron chi connectivity index (χ0n) is 10.4. The Bertz CT molecular complexity index is 520. The second kappa shape index (κ2) is 5.85. The van der Waals surface area contributed by atoms with Crippen LogP contribution < -0.4 is 0 Å². The van der Waals surface area contributed by atoms with E-state index in [1.807, 2.05) is 24.3 Å². The molecule has 1 aromatic carbocycles. The molecule has 0 aliphatic rings. The number of alkyl halides is 1. The van der Waals surface area contributed by atoms with Crippen LogP contribution in [-0.2, 0) is 11.8 Å². The van der Waals surface area contributed by atoms with Crippen LogP contribution in [0.1, 0.15) is 37.1 Å². The van der Waals surface area contributed by atoms with E-state index in [4.69, 9.17) is 11.6 Å². The van der Waals surface area contributed by atoms with Crippen LogP contribution in [0, 0.1) is 0 Å². The highest BCUT2D eigenvalue weighted by Crippen LogP contribution is 2.18. The third-order valence-corrected chi connectivity index (χ3v) is 3.50. The minimum absolute atomic E-state index is 0.356. The number of nitrogens with zero attached hydrogens (tertiary/aromatic N) is 3. The summed E-state index contributed by atoms with van der Waals surface area (Å²) in [6.45, 7) is 4.28. The van der Waals surface area contributed by atoms with Gasteiger partial charge in [-0.15, -0.1) is 10.2 Å². The zero-order chi connectivity index (χ0) is 13.1. The van der Waals surface area contributed by atoms with Crippen LogP contribution in [0.3, 0.4) is 0 Å². The summed E-state index contributed by atoms with van der Waals surface area (Å²) < 4.78 is 2.17. The second-order valence-electron chi connectivity index (χ2n) is 4.43. The molecule has 2 rings (SSSR count). The van der Waals surface area contributed by atoms with Crippen molar-refractivity contribution >= 4 is 27.5 Å². The Hall–Kier alpha value is -0.870. The molecule has 1 heterocycles. The number of benzene rings is 1. The fourth-order valence-electron chi connectivity index (χ4n) is 1.95. The van der Waals surface area contributed by atoms with Crippen molar-refractivity contribution in [3.8, 4) is 0 Å². The highest BCUT2D eigenvalue weighted by atomic mass is 79.9. The Morgan fingerprint density at radius 3 is 2.33 bits per heavy atom. The Morgan fingerprint density at radius 1 is 1.17 bits per heavy atom. The van der Waals surface area contributed by atoms with Crippen molar-refractivity contribution in [2.75, 3.05) is 0 Å². The number of halogens is 2. The van der Waals surface area contributed by atoms with Crippen molar-refractivity contribution in [2.45, 2.75) is 31.6 Å². The van der Waals surface area contributed by atoms with E-state index < -0.39 is 0 Å². The fourth-order valence-corrected chi connectivity index (χ4v) is 2.46. The SMILES string of the molecule is CC(C)n1c(CBr)nnc1Cc1ccc(Cl)cc1. The number of rotatable bonds is 4. The molecule has 0 bridgehead atoms. The van der Waals surface area contributed by atoms with Gasteiger partial charge in [-0.2, -0.15) is 0 Å². The van der Waals surface area contributed by atoms with Gasteiger partial charge in [0.1, 0.15) is 11.6 Å². The monoisotopic (exact) mass is 327 g/mol. The van der Waals surface area contributed by atoms with Gasteiger partial charge in [0.25, 0.3) is 0 Å². The van der Waals surface area contributed by atoms with Gasteiger partial charge in [-0.25, -0.2) is 0 Å². The molecule has 0 amide bonds. The molecule has 5 heteroatoms. The maximum absolute atomic E-state index is 5.88. The first-order valence-electron chi connectivity index (χ1n) is 5.85. The molecule has 3 nitrogen and oxygen atoms in total. The molecule has 0 N–H and O–H groups in total. The number of aromatic nitrogens is 3. The maximum atomic E-state index is 5.88. The average molecular weight is 329 g/mol. The van der Waals surface area contributed by atoms with Crippen molar-refractivity contribution < 1.29 is 0 Å². The molecule has 2 aromatic rings. The van der Waals surface area contributed by atoms with Crippen LogP contribution in [0.4, 0.5) is 0 Å². The molecule has 0 spiro atoms. The van der Waals surface area contributed by atoms with Gasteiger partial charge in [-0.05, 0) is 31.5 Å². The molecule has 18 heavy (non-hydrogen) atoms. The molecule has 0 aliphatic heterocycles. The molecule has 96 valence electrons. The molecular formula is C13H15BrClN3. The molecule has 0 saturated heterocycles. The quantitative estimate of drug-likeness (QED) is 0.794. The van der Waals surface area contributed by atoms with Gasteiger partial charge in [-0.1, -0.05) is 39.7 Å². The third kappa shape index (κ3) is 2.93. The predicted molar refractivity (Wildman–Crippen MR) is 77.3 cm³/mol. The summed E-state index contributed by atoms with van der Waals surface area (Å²) in [7, 11) is 0. The number of hydrogen-bond acceptors (Lipinski definition) is 2. The van der Waals surface area contributed by atoms with Crippen molar-refractivity contribution in [1.82, 2.24) is 14.8 Å². The van der Waals surface area contributed by atoms with Gasteiger partial charge >= 0.3 is 0 Å². The van der Waals surface area contributed by atoms with Crippen LogP contribution in [0.15, 0.2) is 24.3 Å². The minimum Gasteiger partial charge on any atom is -0.311 e. The zero-order valence-corrected chi connectivity index (χ0v) is 12.7. The molecule has 0 aliphatic carbocycles. The van der Waals surface area contributed by atoms with Crippen LogP contribution in [0.25, 0.3) is 0 Å². The van der Waals surface area contributed by atoms with E-state index in [1.54, 1.807) is 0 Å². The summed E-state index contributed by atoms with van der Waals surface area (Å²) >= 11 is 9.33. The van der Waals surface area contributed by atoms with Crippen LogP contribution >= 0.6 is 27.5 Å². The Balaban J connectivity index is 2.28. The standard InChI is InChI=1S/C13H15BrClN3/c1-9(2)18-12(16-17-13(18)8-14)7-10-3-5-11(15)6-4-10/h3-6,9H,7-8H2,1-2H3. The topological polar surface area (TPSA) is 30.7 Å². The molecule has 0 atom stereocenters. The van der Waals surface area contributed by atoms with Crippen LogP contribution in [-0.4, -0.2) is 14.8 Å². The van der Waals surface area contributed by atoms with Gasteiger partial charge in [0.05, 0.1) is 5.33 Å². The van der Waals surface area contributed by atoms with E-state index in [9.17, 15) is 0 Å². The third-order valence-electron chi connectivity index (χ3n) is 2.75. The Kier molecular flexibility index (Phi) is 4.40. The predicted octanol–water partition coefficient (Wildman–Crippen LogP) is 4.00. The number of hydrogen-bond donors (Lipinski definition) is 0. The summed E-state index contributed by atoms with van der Waals surface area (Å²) in [5.74, 6) is 1.95. The first-order chi connectivity index (χ1) is 8.61. The molecule has 1 aromatic heterocycles. The lowest BCUT2D eigenvalue weighted by atomic mass is 10.1. The summed E-state index contributed by atoms with van der Waals surface area (Å²) in [6, 6.07) is 8.21. The Labute approximate surface area is 120 Å². The second-order valence-corrected chi connectivity index (χ2v) is 5.43. The summed E-state index contributed by atoms with van der Waals surface area (Å²) in [4.78, 5) is 0. The lowest BCUT2D eigenvalue weighted by Crippen LogP contribution is -2.09. The molecular weight excluding hydrogens is 314 g/mol.